The molecule has 0 unspecified atom stereocenters. The van der Waals surface area contributed by atoms with Gasteiger partial charge in [0.05, 0.1) is 25.1 Å². The Morgan fingerprint density at radius 1 is 0.682 bits per heavy atom. The third-order valence-electron chi connectivity index (χ3n) is 7.52. The minimum absolute atomic E-state index is 0.0273. The van der Waals surface area contributed by atoms with Crippen LogP contribution >= 0.6 is 11.3 Å². The number of hydrogen-bond donors (Lipinski definition) is 1. The van der Waals surface area contributed by atoms with Gasteiger partial charge in [0, 0.05) is 0 Å². The van der Waals surface area contributed by atoms with Crippen LogP contribution in [0.2, 0.25) is 0 Å². The van der Waals surface area contributed by atoms with E-state index < -0.39 is 31.2 Å². The summed E-state index contributed by atoms with van der Waals surface area (Å²) in [7, 11) is -8.77. The van der Waals surface area contributed by atoms with Crippen molar-refractivity contribution in [3.63, 3.8) is 0 Å². The van der Waals surface area contributed by atoms with Gasteiger partial charge in [-0.05, 0) is 55.3 Å². The van der Waals surface area contributed by atoms with Gasteiger partial charge in [0.2, 0.25) is 19.7 Å². The molecule has 1 aliphatic rings. The van der Waals surface area contributed by atoms with E-state index >= 15 is 0 Å². The van der Waals surface area contributed by atoms with E-state index in [0.717, 1.165) is 32.6 Å². The first-order chi connectivity index (χ1) is 21.0. The number of hydrogen-bond acceptors (Lipinski definition) is 7. The summed E-state index contributed by atoms with van der Waals surface area (Å²) in [5.41, 5.74) is 9.18. The third-order valence-corrected chi connectivity index (χ3v) is 12.6. The largest absolute Gasteiger partial charge is 0.384 e. The van der Waals surface area contributed by atoms with Crippen molar-refractivity contribution in [1.29, 1.82) is 0 Å². The van der Waals surface area contributed by atoms with E-state index in [1.807, 2.05) is 38.1 Å². The first-order valence-electron chi connectivity index (χ1n) is 13.7. The second-order valence-electron chi connectivity index (χ2n) is 10.6. The molecule has 44 heavy (non-hydrogen) atoms. The Labute approximate surface area is 259 Å². The molecule has 0 saturated heterocycles. The van der Waals surface area contributed by atoms with E-state index in [-0.39, 0.29) is 34.6 Å². The van der Waals surface area contributed by atoms with E-state index in [0.29, 0.717) is 5.56 Å². The Balaban J connectivity index is 1.80. The van der Waals surface area contributed by atoms with Crippen LogP contribution in [0.15, 0.2) is 129 Å². The molecule has 5 aromatic rings. The minimum Gasteiger partial charge on any atom is -0.384 e. The predicted octanol–water partition coefficient (Wildman–Crippen LogP) is 4.29. The summed E-state index contributed by atoms with van der Waals surface area (Å²) in [6, 6.07) is 30.0. The molecule has 0 radical (unpaired) electrons. The van der Waals surface area contributed by atoms with Crippen molar-refractivity contribution >= 4 is 47.8 Å². The fraction of sp³-hybridized carbons (Fsp3) is 0.0882. The minimum atomic E-state index is -4.40. The summed E-state index contributed by atoms with van der Waals surface area (Å²) in [5, 5.41) is 0. The molecule has 222 valence electrons. The van der Waals surface area contributed by atoms with Gasteiger partial charge in [-0.25, -0.2) is 16.8 Å². The average Bonchev–Trinajstić information content (AvgIpc) is 3.34. The Morgan fingerprint density at radius 2 is 1.16 bits per heavy atom. The van der Waals surface area contributed by atoms with Crippen LogP contribution in [0.1, 0.15) is 28.2 Å². The first kappa shape index (κ1) is 29.6. The zero-order valence-corrected chi connectivity index (χ0v) is 26.3. The highest BCUT2D eigenvalue weighted by molar-refractivity contribution is 8.00. The molecule has 0 fully saturated rings. The van der Waals surface area contributed by atoms with E-state index in [1.165, 1.54) is 24.3 Å². The molecule has 0 amide bonds. The zero-order chi connectivity index (χ0) is 31.2. The smallest absolute Gasteiger partial charge is 0.274 e. The van der Waals surface area contributed by atoms with Crippen LogP contribution in [0, 0.1) is 13.8 Å². The molecule has 10 heteroatoms. The molecule has 6 rings (SSSR count). The Hall–Kier alpha value is -4.51. The van der Waals surface area contributed by atoms with Crippen molar-refractivity contribution in [3.8, 4) is 0 Å². The van der Waals surface area contributed by atoms with Gasteiger partial charge in [0.1, 0.15) is 15.4 Å². The van der Waals surface area contributed by atoms with Crippen molar-refractivity contribution in [3.05, 3.63) is 156 Å². The Morgan fingerprint density at radius 3 is 1.68 bits per heavy atom. The van der Waals surface area contributed by atoms with E-state index in [4.69, 9.17) is 5.73 Å². The number of nitrogens with two attached hydrogens (primary N) is 1. The lowest BCUT2D eigenvalue weighted by molar-refractivity contribution is 0.598. The van der Waals surface area contributed by atoms with Crippen LogP contribution in [0.3, 0.4) is 0 Å². The number of rotatable bonds is 6. The summed E-state index contributed by atoms with van der Waals surface area (Å²) in [4.78, 5) is 13.3. The molecule has 0 saturated carbocycles. The zero-order valence-electron chi connectivity index (χ0n) is 23.8. The summed E-state index contributed by atoms with van der Waals surface area (Å²) in [5.74, 6) is -1.65. The molecule has 2 heterocycles. The number of benzene rings is 4. The van der Waals surface area contributed by atoms with Gasteiger partial charge in [-0.15, -0.1) is 11.3 Å². The number of thiazole rings is 1. The van der Waals surface area contributed by atoms with Crippen LogP contribution in [-0.2, 0) is 19.7 Å². The van der Waals surface area contributed by atoms with Crippen molar-refractivity contribution in [2.75, 3.05) is 0 Å². The molecule has 0 bridgehead atoms. The summed E-state index contributed by atoms with van der Waals surface area (Å²) in [6.07, 6.45) is 1.66. The normalized spacial score (nSPS) is 15.8. The van der Waals surface area contributed by atoms with Crippen molar-refractivity contribution in [1.82, 2.24) is 4.57 Å². The van der Waals surface area contributed by atoms with Crippen LogP contribution in [0.4, 0.5) is 0 Å². The fourth-order valence-corrected chi connectivity index (χ4v) is 10.2. The maximum atomic E-state index is 14.6. The van der Waals surface area contributed by atoms with Gasteiger partial charge in [-0.1, -0.05) is 96.1 Å². The first-order valence-corrected chi connectivity index (χ1v) is 17.5. The Kier molecular flexibility index (Phi) is 7.53. The summed E-state index contributed by atoms with van der Waals surface area (Å²) < 4.78 is 59.4. The molecule has 1 aromatic heterocycles. The molecular weight excluding hydrogens is 613 g/mol. The van der Waals surface area contributed by atoms with Gasteiger partial charge in [0.15, 0.2) is 0 Å². The van der Waals surface area contributed by atoms with Crippen LogP contribution in [0.25, 0.3) is 16.8 Å². The number of allylic oxidation sites excluding steroid dienone is 1. The average molecular weight is 641 g/mol. The van der Waals surface area contributed by atoms with Crippen molar-refractivity contribution in [2.45, 2.75) is 29.6 Å². The van der Waals surface area contributed by atoms with Gasteiger partial charge in [-0.2, -0.15) is 0 Å². The SMILES string of the molecule is Cc1ccc(/C=c2/sc3n(c2=O)C(N)=C(S(=O)(=O)c2ccccc2)[C@H](c2ccc(C)cc2)C=3S(=O)(=O)c2ccccc2)cc1. The lowest BCUT2D eigenvalue weighted by atomic mass is 9.96. The van der Waals surface area contributed by atoms with Crippen LogP contribution in [-0.4, -0.2) is 21.4 Å². The van der Waals surface area contributed by atoms with Gasteiger partial charge in [0.25, 0.3) is 5.56 Å². The number of sulfone groups is 2. The van der Waals surface area contributed by atoms with Crippen LogP contribution in [0.5, 0.6) is 0 Å². The number of nitrogens with zero attached hydrogens (tertiary/aromatic N) is 1. The Bertz CT molecular complexity index is 2320. The maximum absolute atomic E-state index is 14.6. The topological polar surface area (TPSA) is 116 Å². The molecular formula is C34H28N2O5S3. The van der Waals surface area contributed by atoms with Gasteiger partial charge in [-0.3, -0.25) is 9.36 Å². The van der Waals surface area contributed by atoms with E-state index in [2.05, 4.69) is 0 Å². The summed E-state index contributed by atoms with van der Waals surface area (Å²) >= 11 is 0.974. The van der Waals surface area contributed by atoms with E-state index in [9.17, 15) is 21.6 Å². The van der Waals surface area contributed by atoms with E-state index in [1.54, 1.807) is 66.7 Å². The molecule has 1 aliphatic heterocycles. The molecule has 7 nitrogen and oxygen atoms in total. The quantitative estimate of drug-likeness (QED) is 0.296. The van der Waals surface area contributed by atoms with Gasteiger partial charge >= 0.3 is 0 Å². The predicted molar refractivity (Wildman–Crippen MR) is 175 cm³/mol. The van der Waals surface area contributed by atoms with Crippen molar-refractivity contribution in [2.24, 2.45) is 5.73 Å². The number of fused-ring (bicyclic) bond motifs is 1. The lowest BCUT2D eigenvalue weighted by Gasteiger charge is -2.29. The lowest BCUT2D eigenvalue weighted by Crippen LogP contribution is -2.41. The highest BCUT2D eigenvalue weighted by atomic mass is 32.2. The second-order valence-corrected chi connectivity index (χ2v) is 15.4. The number of aromatic nitrogens is 1. The number of aryl methyl sites for hydroxylation is 2. The van der Waals surface area contributed by atoms with Crippen LogP contribution < -0.4 is 20.5 Å². The van der Waals surface area contributed by atoms with Crippen molar-refractivity contribution < 1.29 is 16.8 Å². The third kappa shape index (κ3) is 5.04. The monoisotopic (exact) mass is 640 g/mol. The standard InChI is InChI=1S/C34H28N2O5S3/c1-22-13-17-24(18-14-22)21-28-33(37)36-32(35)30(43(38,39)26-9-5-3-6-10-26)29(25-19-15-23(2)16-20-25)31(34(36)42-28)44(40,41)27-11-7-4-8-12-27/h3-21,29H,35H2,1-2H3/b28-21+/t29-/m0/s1. The highest BCUT2D eigenvalue weighted by Crippen LogP contribution is 2.45. The summed E-state index contributed by atoms with van der Waals surface area (Å²) in [6.45, 7) is 3.83. The molecule has 0 spiro atoms. The molecule has 2 N–H and O–H groups in total. The molecule has 0 aliphatic carbocycles. The highest BCUT2D eigenvalue weighted by Gasteiger charge is 2.44. The molecule has 4 aromatic carbocycles. The van der Waals surface area contributed by atoms with Gasteiger partial charge < -0.3 is 5.73 Å². The molecule has 1 atom stereocenters. The second kappa shape index (κ2) is 11.2. The fourth-order valence-electron chi connectivity index (χ4n) is 5.26. The maximum Gasteiger partial charge on any atom is 0.274 e.